The van der Waals surface area contributed by atoms with Gasteiger partial charge >= 0.3 is 0 Å². The van der Waals surface area contributed by atoms with E-state index in [4.69, 9.17) is 0 Å². The lowest BCUT2D eigenvalue weighted by atomic mass is 9.71. The summed E-state index contributed by atoms with van der Waals surface area (Å²) in [5.41, 5.74) is 5.19. The highest BCUT2D eigenvalue weighted by atomic mass is 15.2. The number of hydrogen-bond acceptors (Lipinski definition) is 1. The SMILES string of the molecule is CC(C)c1cccc(C(C)C)c1N1[CH]C2(CCCCC2)CC1(C)C. The summed E-state index contributed by atoms with van der Waals surface area (Å²) in [7, 11) is 0. The van der Waals surface area contributed by atoms with E-state index in [1.807, 2.05) is 0 Å². The Morgan fingerprint density at radius 3 is 1.92 bits per heavy atom. The molecule has 1 aromatic carbocycles. The van der Waals surface area contributed by atoms with Crippen LogP contribution in [0.1, 0.15) is 103 Å². The topological polar surface area (TPSA) is 3.24 Å². The standard InChI is InChI=1S/C23H36N/c1-17(2)19-11-10-12-20(18(3)4)21(19)24-16-23(15-22(24,5)6)13-8-7-9-14-23/h10-12,16-18H,7-9,13-15H2,1-6H3. The van der Waals surface area contributed by atoms with E-state index in [0.29, 0.717) is 17.3 Å². The lowest BCUT2D eigenvalue weighted by Crippen LogP contribution is -2.37. The van der Waals surface area contributed by atoms with Crippen molar-refractivity contribution in [3.05, 3.63) is 35.9 Å². The molecule has 0 aromatic heterocycles. The van der Waals surface area contributed by atoms with Crippen molar-refractivity contribution in [1.29, 1.82) is 0 Å². The minimum absolute atomic E-state index is 0.214. The Kier molecular flexibility index (Phi) is 4.75. The maximum atomic E-state index is 2.68. The van der Waals surface area contributed by atoms with Gasteiger partial charge in [0.25, 0.3) is 0 Å². The first kappa shape index (κ1) is 17.8. The molecular formula is C23H36N. The first-order valence-electron chi connectivity index (χ1n) is 10.0. The average molecular weight is 327 g/mol. The molecule has 1 heterocycles. The van der Waals surface area contributed by atoms with Crippen LogP contribution in [0, 0.1) is 12.0 Å². The minimum atomic E-state index is 0.214. The minimum Gasteiger partial charge on any atom is -0.360 e. The molecule has 1 aromatic rings. The Labute approximate surface area is 149 Å². The molecule has 0 N–H and O–H groups in total. The fourth-order valence-electron chi connectivity index (χ4n) is 5.16. The van der Waals surface area contributed by atoms with E-state index in [0.717, 1.165) is 0 Å². The van der Waals surface area contributed by atoms with Crippen LogP contribution < -0.4 is 4.90 Å². The van der Waals surface area contributed by atoms with Gasteiger partial charge in [-0.05, 0) is 61.5 Å². The van der Waals surface area contributed by atoms with Crippen molar-refractivity contribution < 1.29 is 0 Å². The third-order valence-corrected chi connectivity index (χ3v) is 6.27. The lowest BCUT2D eigenvalue weighted by Gasteiger charge is -2.38. The van der Waals surface area contributed by atoms with Crippen LogP contribution in [0.2, 0.25) is 0 Å². The van der Waals surface area contributed by atoms with Gasteiger partial charge in [0.1, 0.15) is 0 Å². The lowest BCUT2D eigenvalue weighted by molar-refractivity contribution is 0.225. The van der Waals surface area contributed by atoms with Gasteiger partial charge in [-0.2, -0.15) is 0 Å². The van der Waals surface area contributed by atoms with E-state index >= 15 is 0 Å². The van der Waals surface area contributed by atoms with Crippen LogP contribution in [-0.2, 0) is 0 Å². The van der Waals surface area contributed by atoms with Gasteiger partial charge in [-0.3, -0.25) is 0 Å². The normalized spacial score (nSPS) is 22.8. The number of nitrogens with zero attached hydrogens (tertiary/aromatic N) is 1. The summed E-state index contributed by atoms with van der Waals surface area (Å²) < 4.78 is 0. The number of benzene rings is 1. The molecule has 24 heavy (non-hydrogen) atoms. The van der Waals surface area contributed by atoms with Crippen LogP contribution >= 0.6 is 0 Å². The monoisotopic (exact) mass is 326 g/mol. The molecule has 1 saturated heterocycles. The molecule has 1 nitrogen and oxygen atoms in total. The highest BCUT2D eigenvalue weighted by Gasteiger charge is 2.49. The zero-order chi connectivity index (χ0) is 17.5. The van der Waals surface area contributed by atoms with Crippen molar-refractivity contribution >= 4 is 5.69 Å². The second kappa shape index (κ2) is 6.39. The van der Waals surface area contributed by atoms with Crippen LogP contribution in [0.15, 0.2) is 18.2 Å². The first-order valence-corrected chi connectivity index (χ1v) is 10.0. The summed E-state index contributed by atoms with van der Waals surface area (Å²) >= 11 is 0. The van der Waals surface area contributed by atoms with Gasteiger partial charge < -0.3 is 4.90 Å². The van der Waals surface area contributed by atoms with Crippen molar-refractivity contribution in [1.82, 2.24) is 0 Å². The number of anilines is 1. The van der Waals surface area contributed by atoms with Gasteiger partial charge in [0, 0.05) is 11.2 Å². The zero-order valence-electron chi connectivity index (χ0n) is 16.7. The summed E-state index contributed by atoms with van der Waals surface area (Å²) in [6, 6.07) is 6.96. The van der Waals surface area contributed by atoms with E-state index in [-0.39, 0.29) is 5.54 Å². The highest BCUT2D eigenvalue weighted by molar-refractivity contribution is 5.66. The van der Waals surface area contributed by atoms with E-state index < -0.39 is 0 Å². The van der Waals surface area contributed by atoms with Gasteiger partial charge in [-0.15, -0.1) is 0 Å². The van der Waals surface area contributed by atoms with E-state index in [1.54, 1.807) is 0 Å². The van der Waals surface area contributed by atoms with Crippen molar-refractivity contribution in [3.63, 3.8) is 0 Å². The van der Waals surface area contributed by atoms with Gasteiger partial charge in [0.15, 0.2) is 0 Å². The molecule has 0 atom stereocenters. The molecule has 2 fully saturated rings. The van der Waals surface area contributed by atoms with Gasteiger partial charge in [-0.1, -0.05) is 65.2 Å². The van der Waals surface area contributed by atoms with Crippen LogP contribution in [0.5, 0.6) is 0 Å². The van der Waals surface area contributed by atoms with Crippen molar-refractivity contribution in [2.24, 2.45) is 5.41 Å². The maximum Gasteiger partial charge on any atom is 0.0561 e. The molecule has 0 bridgehead atoms. The molecule has 0 amide bonds. The van der Waals surface area contributed by atoms with Crippen LogP contribution in [-0.4, -0.2) is 5.54 Å². The van der Waals surface area contributed by atoms with E-state index in [1.165, 1.54) is 55.3 Å². The summed E-state index contributed by atoms with van der Waals surface area (Å²) in [5, 5.41) is 0. The molecule has 1 heteroatoms. The Bertz CT molecular complexity index is 549. The zero-order valence-corrected chi connectivity index (χ0v) is 16.7. The quantitative estimate of drug-likeness (QED) is 0.576. The van der Waals surface area contributed by atoms with E-state index in [2.05, 4.69) is 71.2 Å². The Balaban J connectivity index is 2.07. The Morgan fingerprint density at radius 1 is 0.875 bits per heavy atom. The second-order valence-electron chi connectivity index (χ2n) is 9.51. The van der Waals surface area contributed by atoms with Gasteiger partial charge in [0.05, 0.1) is 6.54 Å². The molecular weight excluding hydrogens is 290 g/mol. The predicted octanol–water partition coefficient (Wildman–Crippen LogP) is 7.03. The average Bonchev–Trinajstić information content (AvgIpc) is 2.77. The molecule has 2 aliphatic rings. The fraction of sp³-hybridized carbons (Fsp3) is 0.696. The molecule has 1 radical (unpaired) electrons. The second-order valence-corrected chi connectivity index (χ2v) is 9.51. The van der Waals surface area contributed by atoms with Gasteiger partial charge in [0.2, 0.25) is 0 Å². The van der Waals surface area contributed by atoms with Gasteiger partial charge in [-0.25, -0.2) is 0 Å². The number of para-hydroxylation sites is 1. The molecule has 1 aliphatic carbocycles. The third kappa shape index (κ3) is 3.11. The summed E-state index contributed by atoms with van der Waals surface area (Å²) in [4.78, 5) is 2.68. The van der Waals surface area contributed by atoms with Crippen LogP contribution in [0.3, 0.4) is 0 Å². The molecule has 0 unspecified atom stereocenters. The van der Waals surface area contributed by atoms with E-state index in [9.17, 15) is 0 Å². The molecule has 1 aliphatic heterocycles. The Morgan fingerprint density at radius 2 is 1.42 bits per heavy atom. The van der Waals surface area contributed by atoms with Crippen molar-refractivity contribution in [3.8, 4) is 0 Å². The Hall–Kier alpha value is -0.980. The number of rotatable bonds is 3. The molecule has 1 saturated carbocycles. The summed E-state index contributed by atoms with van der Waals surface area (Å²) in [6.45, 7) is 16.9. The summed E-state index contributed by atoms with van der Waals surface area (Å²) in [6.07, 6.45) is 8.31. The smallest absolute Gasteiger partial charge is 0.0561 e. The maximum absolute atomic E-state index is 2.68. The highest BCUT2D eigenvalue weighted by Crippen LogP contribution is 2.55. The molecule has 3 rings (SSSR count). The summed E-state index contributed by atoms with van der Waals surface area (Å²) in [5.74, 6) is 1.12. The van der Waals surface area contributed by atoms with Crippen molar-refractivity contribution in [2.45, 2.75) is 97.4 Å². The molecule has 133 valence electrons. The third-order valence-electron chi connectivity index (χ3n) is 6.27. The fourth-order valence-corrected chi connectivity index (χ4v) is 5.16. The van der Waals surface area contributed by atoms with Crippen molar-refractivity contribution in [2.75, 3.05) is 4.90 Å². The predicted molar refractivity (Wildman–Crippen MR) is 106 cm³/mol. The van der Waals surface area contributed by atoms with Crippen LogP contribution in [0.25, 0.3) is 0 Å². The molecule has 1 spiro atoms. The number of hydrogen-bond donors (Lipinski definition) is 0. The first-order chi connectivity index (χ1) is 11.3. The van der Waals surface area contributed by atoms with Crippen LogP contribution in [0.4, 0.5) is 5.69 Å². The largest absolute Gasteiger partial charge is 0.360 e.